The van der Waals surface area contributed by atoms with Gasteiger partial charge < -0.3 is 153 Å². The van der Waals surface area contributed by atoms with Crippen molar-refractivity contribution in [2.75, 3.05) is 33.4 Å². The fraction of sp³-hybridized carbons (Fsp3) is 0.554. The normalized spacial score (nSPS) is 31.4. The van der Waals surface area contributed by atoms with Crippen molar-refractivity contribution in [1.82, 2.24) is 63.2 Å². The molecule has 6 aromatic rings. The summed E-state index contributed by atoms with van der Waals surface area (Å²) in [6.45, 7) is 10.1. The monoisotopic (exact) mass is 2100 g/mol. The Morgan fingerprint density at radius 1 is 0.639 bits per heavy atom. The lowest BCUT2D eigenvalue weighted by Crippen LogP contribution is -2.64. The molecule has 8 aliphatic heterocycles. The van der Waals surface area contributed by atoms with Crippen LogP contribution in [-0.4, -0.2) is 256 Å². The number of sulfonamides is 1. The molecule has 147 heavy (non-hydrogen) atoms. The Morgan fingerprint density at radius 2 is 1.24 bits per heavy atom. The molecule has 798 valence electrons. The molecule has 19 rings (SSSR count). The van der Waals surface area contributed by atoms with Crippen LogP contribution < -0.4 is 93.6 Å². The molecule has 4 unspecified atom stereocenters. The molecule has 25 N–H and O–H groups in total. The standard InChI is InChI=1S/C101H130Cl2N14O29S/c1-9-10-11-26-138-56-17-19-57(20-18-56)147(136,137)108-25-24-107-42-60-66(120)38-59-75(83(60)123)58-33-49(12-21-65(58)119)77-93(130)117-81(97(134)115-79(59)95(132)112-76-52-29-47-28-48(31-52)32-53(76)30-47)86(144-73-40-100(6,104)89(126)45(4)139-73)51-14-23-68(62(103)35-51)142-70-37-54-36-69(87(70)146-98-88(85(125)84(124)71(43-118)143-98)145-74-41-101(7,105)90(127)46(5)140-74)141-67-22-13-50(34-61(67)102)82(122)80(116-91(128)63(106-8)27-44(2)3)96(133)110-64(92(129)113-78(54)94(131)114-77)39-72(121)111-99(135)109-55-15-16-55/h12-14,17-23,33-38,44-48,52-53,55,63-64,71,73-74,76-82,84-86,88-90,98,106-108,118-120,122-127H,9-11,15-16,24-32,39-43,104-105H2,1-8H3,(H,110,133)(H,112,132)(H,113,129)(H,114,131)(H,115,134)(H,116,128)(H,117,130)(H2,109,111,121,135)/t45-,46-,47?,48?,52?,53?,63+,64?,71+,73-,74?,76?,77+,78?,79+,80?,81-,82+,84+,85-,86+,88+,89-,90+,98+,100-,101-/m0/s1. The number of phenolic OH excluding ortho intramolecular Hbond substituents is 3. The second-order valence-electron chi connectivity index (χ2n) is 41.1. The van der Waals surface area contributed by atoms with Gasteiger partial charge in [0.2, 0.25) is 69.3 Å². The number of carbonyl (C=O) groups is 9. The molecule has 8 heterocycles. The number of nitrogens with one attached hydrogen (secondary N) is 12. The summed E-state index contributed by atoms with van der Waals surface area (Å²) >= 11 is 15.0. The van der Waals surface area contributed by atoms with Crippen LogP contribution >= 0.6 is 23.2 Å². The van der Waals surface area contributed by atoms with Crippen LogP contribution in [0.5, 0.6) is 51.7 Å². The molecule has 43 nitrogen and oxygen atoms in total. The maximum atomic E-state index is 17.2. The van der Waals surface area contributed by atoms with Crippen molar-refractivity contribution in [3.63, 3.8) is 0 Å². The molecular formula is C101H130Cl2N14O29S. The summed E-state index contributed by atoms with van der Waals surface area (Å²) in [5.74, 6) is -14.3. The van der Waals surface area contributed by atoms with Crippen molar-refractivity contribution in [2.24, 2.45) is 41.1 Å². The number of rotatable bonds is 29. The lowest BCUT2D eigenvalue weighted by Gasteiger charge is -2.54. The highest BCUT2D eigenvalue weighted by Gasteiger charge is 2.55. The van der Waals surface area contributed by atoms with Gasteiger partial charge in [-0.05, 0) is 229 Å². The Morgan fingerprint density at radius 3 is 1.85 bits per heavy atom. The van der Waals surface area contributed by atoms with Gasteiger partial charge in [-0.25, -0.2) is 17.9 Å². The van der Waals surface area contributed by atoms with Gasteiger partial charge in [-0.2, -0.15) is 0 Å². The molecule has 46 heteroatoms. The van der Waals surface area contributed by atoms with E-state index in [1.54, 1.807) is 0 Å². The Balaban J connectivity index is 0.898. The van der Waals surface area contributed by atoms with Crippen LogP contribution in [0.4, 0.5) is 4.79 Å². The van der Waals surface area contributed by atoms with Crippen molar-refractivity contribution < 1.29 is 140 Å². The zero-order valence-electron chi connectivity index (χ0n) is 82.3. The maximum Gasteiger partial charge on any atom is 0.321 e. The molecule has 10 amide bonds. The van der Waals surface area contributed by atoms with E-state index in [0.717, 1.165) is 93.8 Å². The number of fused-ring (bicyclic) bond motifs is 15. The summed E-state index contributed by atoms with van der Waals surface area (Å²) in [5, 5.41) is 139. The number of unbranched alkanes of at least 4 members (excludes halogenated alkanes) is 2. The Bertz CT molecular complexity index is 6000. The molecule has 13 aliphatic rings. The summed E-state index contributed by atoms with van der Waals surface area (Å²) in [7, 11) is -2.71. The first-order valence-electron chi connectivity index (χ1n) is 49.7. The lowest BCUT2D eigenvalue weighted by molar-refractivity contribution is -0.333. The van der Waals surface area contributed by atoms with E-state index in [-0.39, 0.29) is 89.0 Å². The number of nitrogens with two attached hydrogens (primary N) is 2. The van der Waals surface area contributed by atoms with Gasteiger partial charge in [0.05, 0.1) is 70.6 Å². The van der Waals surface area contributed by atoms with Crippen LogP contribution in [0.15, 0.2) is 102 Å². The molecule has 6 aromatic carbocycles. The molecule has 5 saturated carbocycles. The number of ether oxygens (including phenoxy) is 9. The van der Waals surface area contributed by atoms with Gasteiger partial charge in [0, 0.05) is 66.8 Å². The number of aromatic hydroxyl groups is 3. The van der Waals surface area contributed by atoms with Gasteiger partial charge in [0.15, 0.2) is 30.2 Å². The van der Waals surface area contributed by atoms with Gasteiger partial charge >= 0.3 is 6.03 Å². The van der Waals surface area contributed by atoms with E-state index in [9.17, 15) is 68.8 Å². The number of phenols is 3. The third-order valence-electron chi connectivity index (χ3n) is 29.2. The quantitative estimate of drug-likeness (QED) is 0.0290. The fourth-order valence-electron chi connectivity index (χ4n) is 21.4. The predicted octanol–water partition coefficient (Wildman–Crippen LogP) is 4.34. The number of likely N-dealkylation sites (N-methyl/N-ethyl adjacent to an activating group) is 1. The van der Waals surface area contributed by atoms with E-state index in [1.807, 2.05) is 13.8 Å². The predicted molar refractivity (Wildman–Crippen MR) is 526 cm³/mol. The minimum atomic E-state index is -4.18. The Labute approximate surface area is 858 Å². The number of urea groups is 1. The largest absolute Gasteiger partial charge is 0.507 e. The van der Waals surface area contributed by atoms with Crippen molar-refractivity contribution in [3.05, 3.63) is 140 Å². The molecule has 5 aliphatic carbocycles. The molecule has 15 bridgehead atoms. The van der Waals surface area contributed by atoms with Gasteiger partial charge in [-0.1, -0.05) is 75.0 Å². The molecule has 8 fully saturated rings. The van der Waals surface area contributed by atoms with Crippen LogP contribution in [0.2, 0.25) is 10.0 Å². The third-order valence-corrected chi connectivity index (χ3v) is 31.2. The number of amides is 10. The Hall–Kier alpha value is -11.0. The Kier molecular flexibility index (Phi) is 33.6. The number of carbonyl (C=O) groups excluding carboxylic acids is 9. The highest BCUT2D eigenvalue weighted by Crippen LogP contribution is 2.56. The summed E-state index contributed by atoms with van der Waals surface area (Å²) in [6.07, 6.45) is -15.7. The van der Waals surface area contributed by atoms with Crippen LogP contribution in [0.25, 0.3) is 11.1 Å². The number of aliphatic hydroxyl groups excluding tert-OH is 6. The maximum absolute atomic E-state index is 17.2. The molecule has 0 radical (unpaired) electrons. The molecule has 22 atom stereocenters. The highest BCUT2D eigenvalue weighted by atomic mass is 35.5. The zero-order chi connectivity index (χ0) is 105. The average Bonchev–Trinajstić information content (AvgIpc) is 1.60. The minimum Gasteiger partial charge on any atom is -0.507 e. The van der Waals surface area contributed by atoms with E-state index < -0.39 is 295 Å². The molecular weight excluding hydrogens is 1980 g/mol. The number of benzene rings is 6. The first-order chi connectivity index (χ1) is 69.8. The number of halogens is 2. The number of imide groups is 1. The first kappa shape index (κ1) is 109. The van der Waals surface area contributed by atoms with E-state index in [0.29, 0.717) is 37.0 Å². The van der Waals surface area contributed by atoms with Gasteiger partial charge in [-0.3, -0.25) is 43.7 Å². The van der Waals surface area contributed by atoms with E-state index in [1.165, 1.54) is 89.3 Å². The van der Waals surface area contributed by atoms with Gasteiger partial charge in [0.1, 0.15) is 101 Å². The van der Waals surface area contributed by atoms with E-state index in [4.69, 9.17) is 77.3 Å². The highest BCUT2D eigenvalue weighted by molar-refractivity contribution is 7.89. The topological polar surface area (TPSA) is 649 Å². The van der Waals surface area contributed by atoms with E-state index in [2.05, 4.69) is 70.1 Å². The third kappa shape index (κ3) is 24.5. The van der Waals surface area contributed by atoms with Crippen LogP contribution in [0.1, 0.15) is 202 Å². The summed E-state index contributed by atoms with van der Waals surface area (Å²) < 4.78 is 89.1. The molecule has 0 aromatic heterocycles. The number of hydrogen-bond donors (Lipinski definition) is 23. The van der Waals surface area contributed by atoms with Gasteiger partial charge in [-0.15, -0.1) is 0 Å². The van der Waals surface area contributed by atoms with Crippen LogP contribution in [0, 0.1) is 29.6 Å². The fourth-order valence-corrected chi connectivity index (χ4v) is 22.8. The van der Waals surface area contributed by atoms with Crippen molar-refractivity contribution in [2.45, 2.75) is 295 Å². The lowest BCUT2D eigenvalue weighted by atomic mass is 9.54. The smallest absolute Gasteiger partial charge is 0.321 e. The second kappa shape index (κ2) is 45.5. The minimum absolute atomic E-state index is 0.0455. The number of aliphatic hydroxyl groups is 6. The average molecular weight is 2110 g/mol. The van der Waals surface area contributed by atoms with Crippen LogP contribution in [-0.2, 0) is 78.6 Å². The summed E-state index contributed by atoms with van der Waals surface area (Å²) in [4.78, 5) is 142. The summed E-state index contributed by atoms with van der Waals surface area (Å²) in [5.41, 5.74) is 7.61. The van der Waals surface area contributed by atoms with Gasteiger partial charge in [0.25, 0.3) is 0 Å². The van der Waals surface area contributed by atoms with Crippen LogP contribution in [0.3, 0.4) is 0 Å². The second-order valence-corrected chi connectivity index (χ2v) is 43.6. The van der Waals surface area contributed by atoms with Crippen molar-refractivity contribution in [1.29, 1.82) is 0 Å². The van der Waals surface area contributed by atoms with Crippen molar-refractivity contribution >= 4 is 86.5 Å². The zero-order valence-corrected chi connectivity index (χ0v) is 84.6. The summed E-state index contributed by atoms with van der Waals surface area (Å²) in [6, 6.07) is 2.99. The van der Waals surface area contributed by atoms with E-state index >= 15 is 28.8 Å². The van der Waals surface area contributed by atoms with Crippen molar-refractivity contribution in [3.8, 4) is 62.9 Å². The SMILES string of the molecule is CCCCCOc1ccc(S(=O)(=O)NCCNCc2c(O)cc3c(c2O)-c2cc(ccc2O)[C@H]2NC(=O)C4NC(=O)C(CC(=O)NC(=O)NC5CC5)NC(=O)C(NC(=O)[C@@H](CC(C)C)NC)[C@H](O)c5ccc(c(Cl)c5)Oc5cc4cc(c5O[C@H]4O[C@H](CO)[C@@H](O)[C@H](O)[C@H]4OC4C[C@](C)(N)[C@H](O)[C@H](C)O4)Oc4ccc(cc4Cl)[C@@H](O[C@H]4C[C@](C)(N)[C@@H](O)[C@H](C)O4)[C@H](NC2=O)C(=O)N[C@H]3C(=O)NC2C3CC4CC(C3)CC2C4)cc1. The number of hydrogen-bond acceptors (Lipinski definition) is 33. The molecule has 3 saturated heterocycles. The molecule has 0 spiro atoms. The first-order valence-corrected chi connectivity index (χ1v) is 52.0.